The highest BCUT2D eigenvalue weighted by Crippen LogP contribution is 2.41. The predicted octanol–water partition coefficient (Wildman–Crippen LogP) is 4.26. The molecule has 226 valence electrons. The molecule has 5 rings (SSSR count). The zero-order valence-corrected chi connectivity index (χ0v) is 24.6. The van der Waals surface area contributed by atoms with Crippen LogP contribution in [0.25, 0.3) is 16.8 Å². The van der Waals surface area contributed by atoms with Crippen LogP contribution in [0.3, 0.4) is 0 Å². The van der Waals surface area contributed by atoms with Crippen molar-refractivity contribution >= 4 is 45.5 Å². The summed E-state index contributed by atoms with van der Waals surface area (Å²) in [5, 5.41) is 34.7. The molecule has 1 unspecified atom stereocenters. The molecule has 2 heterocycles. The van der Waals surface area contributed by atoms with Gasteiger partial charge in [0.15, 0.2) is 4.80 Å². The summed E-state index contributed by atoms with van der Waals surface area (Å²) in [6, 6.07) is 11.9. The summed E-state index contributed by atoms with van der Waals surface area (Å²) in [7, 11) is 1.49. The van der Waals surface area contributed by atoms with Crippen LogP contribution in [0.4, 0.5) is 11.4 Å². The number of nitro groups is 2. The highest BCUT2D eigenvalue weighted by atomic mass is 32.1. The van der Waals surface area contributed by atoms with Crippen molar-refractivity contribution in [2.75, 3.05) is 13.7 Å². The van der Waals surface area contributed by atoms with Gasteiger partial charge in [-0.2, -0.15) is 0 Å². The lowest BCUT2D eigenvalue weighted by Crippen LogP contribution is -2.40. The monoisotopic (exact) mass is 618 g/mol. The number of phenols is 1. The Kier molecular flexibility index (Phi) is 8.27. The van der Waals surface area contributed by atoms with E-state index < -0.39 is 44.5 Å². The van der Waals surface area contributed by atoms with Crippen molar-refractivity contribution in [3.05, 3.63) is 111 Å². The van der Waals surface area contributed by atoms with E-state index >= 15 is 0 Å². The number of ether oxygens (including phenoxy) is 2. The number of phenolic OH excluding ortho intramolecular Hbond substituents is 1. The molecule has 1 aromatic heterocycles. The van der Waals surface area contributed by atoms with Crippen molar-refractivity contribution in [3.63, 3.8) is 0 Å². The summed E-state index contributed by atoms with van der Waals surface area (Å²) in [4.78, 5) is 53.9. The summed E-state index contributed by atoms with van der Waals surface area (Å²) in [6.07, 6.45) is 2.30. The Morgan fingerprint density at radius 2 is 1.80 bits per heavy atom. The highest BCUT2D eigenvalue weighted by Gasteiger charge is 2.37. The molecule has 0 fully saturated rings. The number of nitrogens with zero attached hydrogens (tertiary/aromatic N) is 4. The van der Waals surface area contributed by atoms with Gasteiger partial charge in [0.2, 0.25) is 0 Å². The van der Waals surface area contributed by atoms with Gasteiger partial charge in [-0.25, -0.2) is 9.79 Å². The van der Waals surface area contributed by atoms with Gasteiger partial charge in [-0.15, -0.1) is 0 Å². The molecule has 1 atom stereocenters. The van der Waals surface area contributed by atoms with Crippen LogP contribution in [0, 0.1) is 20.2 Å². The normalized spacial score (nSPS) is 14.7. The fourth-order valence-electron chi connectivity index (χ4n) is 5.27. The number of thiazole rings is 1. The molecular weight excluding hydrogens is 592 g/mol. The molecule has 0 aliphatic carbocycles. The zero-order valence-electron chi connectivity index (χ0n) is 23.8. The molecule has 14 heteroatoms. The number of hydrogen-bond acceptors (Lipinski definition) is 11. The van der Waals surface area contributed by atoms with Crippen LogP contribution in [-0.4, -0.2) is 39.2 Å². The van der Waals surface area contributed by atoms with E-state index in [-0.39, 0.29) is 27.1 Å². The average molecular weight is 619 g/mol. The summed E-state index contributed by atoms with van der Waals surface area (Å²) >= 11 is 0.962. The van der Waals surface area contributed by atoms with Gasteiger partial charge >= 0.3 is 17.3 Å². The van der Waals surface area contributed by atoms with Crippen LogP contribution in [-0.2, 0) is 9.53 Å². The molecule has 1 aliphatic heterocycles. The van der Waals surface area contributed by atoms with E-state index in [1.165, 1.54) is 17.8 Å². The Bertz CT molecular complexity index is 2030. The first-order valence-electron chi connectivity index (χ1n) is 13.5. The van der Waals surface area contributed by atoms with Gasteiger partial charge < -0.3 is 14.6 Å². The van der Waals surface area contributed by atoms with Crippen molar-refractivity contribution in [2.24, 2.45) is 4.99 Å². The van der Waals surface area contributed by atoms with Crippen LogP contribution in [0.1, 0.15) is 43.9 Å². The quantitative estimate of drug-likeness (QED) is 0.163. The Balaban J connectivity index is 1.88. The number of benzene rings is 3. The van der Waals surface area contributed by atoms with Crippen LogP contribution in [0.2, 0.25) is 0 Å². The average Bonchev–Trinajstić information content (AvgIpc) is 3.30. The van der Waals surface area contributed by atoms with Crippen LogP contribution < -0.4 is 19.6 Å². The largest absolute Gasteiger partial charge is 0.497 e. The standard InChI is InChI=1S/C30H26N4O9S/c1-4-8-19-25(29(37)43-5-2)26(24-18-10-7-6-9-17(18)11-12-22(24)42-3)32-28(36)23(44-30(32)31-19)15-16-13-20(33(38)39)27(35)21(14-16)34(40)41/h6-7,9-15,26,35H,4-5,8H2,1-3H3. The number of allylic oxidation sites excluding steroid dienone is 1. The van der Waals surface area contributed by atoms with E-state index in [1.54, 1.807) is 13.0 Å². The summed E-state index contributed by atoms with van der Waals surface area (Å²) in [5.41, 5.74) is -1.25. The maximum atomic E-state index is 14.2. The molecule has 1 aliphatic rings. The zero-order chi connectivity index (χ0) is 31.7. The van der Waals surface area contributed by atoms with E-state index in [0.29, 0.717) is 29.9 Å². The number of carbonyl (C=O) groups is 1. The van der Waals surface area contributed by atoms with E-state index in [0.717, 1.165) is 34.2 Å². The molecule has 1 N–H and O–H groups in total. The number of aromatic hydroxyl groups is 1. The third-order valence-electron chi connectivity index (χ3n) is 7.10. The smallest absolute Gasteiger partial charge is 0.338 e. The minimum Gasteiger partial charge on any atom is -0.497 e. The summed E-state index contributed by atoms with van der Waals surface area (Å²) in [6.45, 7) is 3.69. The van der Waals surface area contributed by atoms with Crippen molar-refractivity contribution in [3.8, 4) is 11.5 Å². The Hall–Kier alpha value is -5.37. The van der Waals surface area contributed by atoms with E-state index in [2.05, 4.69) is 0 Å². The molecule has 0 spiro atoms. The maximum Gasteiger partial charge on any atom is 0.338 e. The second-order valence-corrected chi connectivity index (χ2v) is 10.7. The number of esters is 1. The second-order valence-electron chi connectivity index (χ2n) is 9.74. The minimum absolute atomic E-state index is 0.0446. The summed E-state index contributed by atoms with van der Waals surface area (Å²) in [5.74, 6) is -1.31. The predicted molar refractivity (Wildman–Crippen MR) is 162 cm³/mol. The number of fused-ring (bicyclic) bond motifs is 2. The fourth-order valence-corrected chi connectivity index (χ4v) is 6.29. The van der Waals surface area contributed by atoms with Crippen LogP contribution in [0.15, 0.2) is 69.6 Å². The molecule has 0 amide bonds. The fraction of sp³-hybridized carbons (Fsp3) is 0.233. The molecule has 44 heavy (non-hydrogen) atoms. The van der Waals surface area contributed by atoms with Gasteiger partial charge in [0, 0.05) is 17.7 Å². The van der Waals surface area contributed by atoms with Crippen LogP contribution >= 0.6 is 11.3 Å². The van der Waals surface area contributed by atoms with Crippen molar-refractivity contribution < 1.29 is 29.2 Å². The van der Waals surface area contributed by atoms with Gasteiger partial charge in [-0.05, 0) is 41.8 Å². The third kappa shape index (κ3) is 5.19. The lowest BCUT2D eigenvalue weighted by atomic mass is 9.90. The van der Waals surface area contributed by atoms with E-state index in [4.69, 9.17) is 14.5 Å². The molecule has 13 nitrogen and oxygen atoms in total. The highest BCUT2D eigenvalue weighted by molar-refractivity contribution is 7.07. The number of hydrogen-bond donors (Lipinski definition) is 1. The number of carbonyl (C=O) groups excluding carboxylic acids is 1. The van der Waals surface area contributed by atoms with Gasteiger partial charge in [-0.1, -0.05) is 55.0 Å². The first kappa shape index (κ1) is 30.1. The van der Waals surface area contributed by atoms with Crippen molar-refractivity contribution in [1.29, 1.82) is 0 Å². The van der Waals surface area contributed by atoms with Crippen LogP contribution in [0.5, 0.6) is 11.5 Å². The molecule has 0 bridgehead atoms. The third-order valence-corrected chi connectivity index (χ3v) is 8.08. The maximum absolute atomic E-state index is 14.2. The molecule has 4 aromatic rings. The molecule has 3 aromatic carbocycles. The molecule has 0 saturated heterocycles. The molecule has 0 saturated carbocycles. The second kappa shape index (κ2) is 12.1. The molecule has 0 radical (unpaired) electrons. The Morgan fingerprint density at radius 3 is 2.41 bits per heavy atom. The minimum atomic E-state index is -1.09. The van der Waals surface area contributed by atoms with Crippen molar-refractivity contribution in [2.45, 2.75) is 32.7 Å². The number of methoxy groups -OCH3 is 1. The van der Waals surface area contributed by atoms with Gasteiger partial charge in [0.05, 0.1) is 39.4 Å². The van der Waals surface area contributed by atoms with E-state index in [9.17, 15) is 34.9 Å². The lowest BCUT2D eigenvalue weighted by Gasteiger charge is -2.28. The molecular formula is C30H26N4O9S. The first-order chi connectivity index (χ1) is 21.1. The first-order valence-corrected chi connectivity index (χ1v) is 14.4. The Labute approximate surface area is 252 Å². The van der Waals surface area contributed by atoms with E-state index in [1.807, 2.05) is 37.3 Å². The van der Waals surface area contributed by atoms with Gasteiger partial charge in [0.25, 0.3) is 11.3 Å². The van der Waals surface area contributed by atoms with Crippen molar-refractivity contribution in [1.82, 2.24) is 4.57 Å². The lowest BCUT2D eigenvalue weighted by molar-refractivity contribution is -0.396. The topological polar surface area (TPSA) is 176 Å². The van der Waals surface area contributed by atoms with Gasteiger partial charge in [-0.3, -0.25) is 29.6 Å². The summed E-state index contributed by atoms with van der Waals surface area (Å²) < 4.78 is 12.6. The number of aromatic nitrogens is 1. The SMILES string of the molecule is CCCC1=C(C(=O)OCC)C(c2c(OC)ccc3ccccc23)n2c(sc(=Cc3cc([N+](=O)[O-])c(O)c([N+](=O)[O-])c3)c2=O)=N1. The number of nitro benzene ring substituents is 2. The Morgan fingerprint density at radius 1 is 1.11 bits per heavy atom. The number of rotatable bonds is 9. The van der Waals surface area contributed by atoms with Gasteiger partial charge in [0.1, 0.15) is 11.8 Å².